The molecule has 1 heterocycles. The van der Waals surface area contributed by atoms with Crippen LogP contribution in [0.2, 0.25) is 5.02 Å². The number of amides is 1. The number of thioether (sulfide) groups is 1. The molecule has 5 nitrogen and oxygen atoms in total. The molecule has 0 radical (unpaired) electrons. The summed E-state index contributed by atoms with van der Waals surface area (Å²) in [6.45, 7) is 1.61. The maximum atomic E-state index is 10.9. The highest BCUT2D eigenvalue weighted by Crippen LogP contribution is 2.24. The van der Waals surface area contributed by atoms with Crippen LogP contribution in [0.15, 0.2) is 47.6 Å². The standard InChI is InChI=1S/C16H17ClN2O3S/c1-11(20)19-12-4-6-14(7-5-12)22-9-13(21)10-23-16-15(17)3-2-8-18-16/h2-8,13,21H,9-10H2,1H3,(H,19,20)/t13-/m0/s1. The highest BCUT2D eigenvalue weighted by Gasteiger charge is 2.09. The van der Waals surface area contributed by atoms with Crippen LogP contribution in [0.4, 0.5) is 5.69 Å². The number of halogens is 1. The van der Waals surface area contributed by atoms with Crippen LogP contribution in [0.3, 0.4) is 0 Å². The number of carbonyl (C=O) groups is 1. The SMILES string of the molecule is CC(=O)Nc1ccc(OC[C@H](O)CSc2ncccc2Cl)cc1. The van der Waals surface area contributed by atoms with Crippen molar-refractivity contribution in [1.29, 1.82) is 0 Å². The Morgan fingerprint density at radius 2 is 2.13 bits per heavy atom. The minimum atomic E-state index is -0.645. The molecule has 7 heteroatoms. The van der Waals surface area contributed by atoms with E-state index in [0.717, 1.165) is 0 Å². The molecule has 0 fully saturated rings. The van der Waals surface area contributed by atoms with Gasteiger partial charge in [-0.1, -0.05) is 11.6 Å². The van der Waals surface area contributed by atoms with Crippen molar-refractivity contribution in [2.24, 2.45) is 0 Å². The van der Waals surface area contributed by atoms with E-state index in [1.54, 1.807) is 42.6 Å². The molecule has 0 unspecified atom stereocenters. The Kier molecular flexibility index (Phi) is 6.70. The molecule has 0 aliphatic heterocycles. The molecular weight excluding hydrogens is 336 g/mol. The van der Waals surface area contributed by atoms with Crippen LogP contribution in [-0.2, 0) is 4.79 Å². The van der Waals surface area contributed by atoms with E-state index in [2.05, 4.69) is 10.3 Å². The molecule has 0 saturated heterocycles. The van der Waals surface area contributed by atoms with Crippen LogP contribution in [0.5, 0.6) is 5.75 Å². The molecule has 122 valence electrons. The maximum absolute atomic E-state index is 10.9. The van der Waals surface area contributed by atoms with Crippen LogP contribution >= 0.6 is 23.4 Å². The van der Waals surface area contributed by atoms with E-state index in [1.165, 1.54) is 18.7 Å². The molecule has 2 rings (SSSR count). The lowest BCUT2D eigenvalue weighted by atomic mass is 10.3. The lowest BCUT2D eigenvalue weighted by Gasteiger charge is -2.12. The largest absolute Gasteiger partial charge is 0.491 e. The maximum Gasteiger partial charge on any atom is 0.221 e. The van der Waals surface area contributed by atoms with E-state index in [1.807, 2.05) is 0 Å². The van der Waals surface area contributed by atoms with E-state index in [4.69, 9.17) is 16.3 Å². The first-order chi connectivity index (χ1) is 11.0. The summed E-state index contributed by atoms with van der Waals surface area (Å²) in [6, 6.07) is 10.5. The van der Waals surface area contributed by atoms with Crippen molar-refractivity contribution in [1.82, 2.24) is 4.98 Å². The molecule has 23 heavy (non-hydrogen) atoms. The van der Waals surface area contributed by atoms with Gasteiger partial charge in [0.15, 0.2) is 0 Å². The summed E-state index contributed by atoms with van der Waals surface area (Å²) in [5.74, 6) is 0.930. The first-order valence-electron chi connectivity index (χ1n) is 6.96. The molecule has 0 aliphatic rings. The lowest BCUT2D eigenvalue weighted by molar-refractivity contribution is -0.114. The number of nitrogens with zero attached hydrogens (tertiary/aromatic N) is 1. The molecule has 1 atom stereocenters. The Balaban J connectivity index is 1.76. The van der Waals surface area contributed by atoms with Crippen molar-refractivity contribution >= 4 is 35.0 Å². The van der Waals surface area contributed by atoms with Gasteiger partial charge in [0, 0.05) is 24.6 Å². The van der Waals surface area contributed by atoms with E-state index in [0.29, 0.717) is 27.2 Å². The van der Waals surface area contributed by atoms with Crippen molar-refractivity contribution in [3.05, 3.63) is 47.6 Å². The average Bonchev–Trinajstić information content (AvgIpc) is 2.53. The Hall–Kier alpha value is -1.76. The smallest absolute Gasteiger partial charge is 0.221 e. The van der Waals surface area contributed by atoms with Crippen molar-refractivity contribution in [3.63, 3.8) is 0 Å². The number of pyridine rings is 1. The number of hydrogen-bond donors (Lipinski definition) is 2. The number of aliphatic hydroxyl groups excluding tert-OH is 1. The van der Waals surface area contributed by atoms with Crippen molar-refractivity contribution in [2.75, 3.05) is 17.7 Å². The van der Waals surface area contributed by atoms with Gasteiger partial charge in [0.05, 0.1) is 11.1 Å². The predicted molar refractivity (Wildman–Crippen MR) is 92.2 cm³/mol. The molecule has 1 aromatic carbocycles. The normalized spacial score (nSPS) is 11.8. The van der Waals surface area contributed by atoms with E-state index >= 15 is 0 Å². The number of aliphatic hydroxyl groups is 1. The Bertz CT molecular complexity index is 652. The number of ether oxygens (including phenoxy) is 1. The fraction of sp³-hybridized carbons (Fsp3) is 0.250. The van der Waals surface area contributed by atoms with Gasteiger partial charge < -0.3 is 15.2 Å². The molecule has 2 N–H and O–H groups in total. The highest BCUT2D eigenvalue weighted by atomic mass is 35.5. The molecule has 0 saturated carbocycles. The minimum Gasteiger partial charge on any atom is -0.491 e. The summed E-state index contributed by atoms with van der Waals surface area (Å²) in [7, 11) is 0. The fourth-order valence-electron chi connectivity index (χ4n) is 1.73. The van der Waals surface area contributed by atoms with Crippen molar-refractivity contribution in [3.8, 4) is 5.75 Å². The zero-order valence-electron chi connectivity index (χ0n) is 12.5. The summed E-state index contributed by atoms with van der Waals surface area (Å²) in [5, 5.41) is 13.9. The molecule has 1 amide bonds. The molecule has 2 aromatic rings. The third-order valence-corrected chi connectivity index (χ3v) is 4.32. The monoisotopic (exact) mass is 352 g/mol. The number of rotatable bonds is 7. The second kappa shape index (κ2) is 8.76. The number of benzene rings is 1. The summed E-state index contributed by atoms with van der Waals surface area (Å²) < 4.78 is 5.52. The van der Waals surface area contributed by atoms with Gasteiger partial charge in [-0.2, -0.15) is 0 Å². The highest BCUT2D eigenvalue weighted by molar-refractivity contribution is 7.99. The van der Waals surface area contributed by atoms with Crippen molar-refractivity contribution in [2.45, 2.75) is 18.1 Å². The summed E-state index contributed by atoms with van der Waals surface area (Å²) in [6.07, 6.45) is 1.02. The third kappa shape index (κ3) is 6.09. The van der Waals surface area contributed by atoms with Crippen molar-refractivity contribution < 1.29 is 14.6 Å². The average molecular weight is 353 g/mol. The number of nitrogens with one attached hydrogen (secondary N) is 1. The van der Waals surface area contributed by atoms with Crippen LogP contribution in [0, 0.1) is 0 Å². The molecule has 0 aliphatic carbocycles. The second-order valence-electron chi connectivity index (χ2n) is 4.77. The molecule has 0 spiro atoms. The van der Waals surface area contributed by atoms with Gasteiger partial charge in [0.2, 0.25) is 5.91 Å². The fourth-order valence-corrected chi connectivity index (χ4v) is 2.80. The topological polar surface area (TPSA) is 71.5 Å². The first-order valence-corrected chi connectivity index (χ1v) is 8.33. The molecule has 1 aromatic heterocycles. The van der Waals surface area contributed by atoms with Gasteiger partial charge in [-0.15, -0.1) is 11.8 Å². The number of anilines is 1. The van der Waals surface area contributed by atoms with E-state index in [9.17, 15) is 9.90 Å². The van der Waals surface area contributed by atoms with E-state index < -0.39 is 6.10 Å². The molecule has 0 bridgehead atoms. The quantitative estimate of drug-likeness (QED) is 0.748. The Morgan fingerprint density at radius 1 is 1.39 bits per heavy atom. The van der Waals surface area contributed by atoms with Gasteiger partial charge >= 0.3 is 0 Å². The van der Waals surface area contributed by atoms with Gasteiger partial charge in [0.25, 0.3) is 0 Å². The summed E-state index contributed by atoms with van der Waals surface area (Å²) in [4.78, 5) is 15.1. The summed E-state index contributed by atoms with van der Waals surface area (Å²) >= 11 is 7.38. The Labute approximate surface area is 144 Å². The van der Waals surface area contributed by atoms with Crippen LogP contribution in [0.25, 0.3) is 0 Å². The molecular formula is C16H17ClN2O3S. The number of aromatic nitrogens is 1. The second-order valence-corrected chi connectivity index (χ2v) is 6.19. The summed E-state index contributed by atoms with van der Waals surface area (Å²) in [5.41, 5.74) is 0.700. The van der Waals surface area contributed by atoms with Gasteiger partial charge in [-0.05, 0) is 36.4 Å². The van der Waals surface area contributed by atoms with Gasteiger partial charge in [0.1, 0.15) is 17.4 Å². The van der Waals surface area contributed by atoms with Crippen LogP contribution < -0.4 is 10.1 Å². The number of carbonyl (C=O) groups excluding carboxylic acids is 1. The first kappa shape index (κ1) is 17.6. The third-order valence-electron chi connectivity index (χ3n) is 2.75. The number of hydrogen-bond acceptors (Lipinski definition) is 5. The van der Waals surface area contributed by atoms with Crippen LogP contribution in [0.1, 0.15) is 6.92 Å². The van der Waals surface area contributed by atoms with Crippen LogP contribution in [-0.4, -0.2) is 34.5 Å². The zero-order chi connectivity index (χ0) is 16.7. The lowest BCUT2D eigenvalue weighted by Crippen LogP contribution is -2.20. The van der Waals surface area contributed by atoms with Gasteiger partial charge in [-0.25, -0.2) is 4.98 Å². The zero-order valence-corrected chi connectivity index (χ0v) is 14.1. The minimum absolute atomic E-state index is 0.126. The predicted octanol–water partition coefficient (Wildman–Crippen LogP) is 3.23. The Morgan fingerprint density at radius 3 is 2.78 bits per heavy atom. The van der Waals surface area contributed by atoms with Gasteiger partial charge in [-0.3, -0.25) is 4.79 Å². The van der Waals surface area contributed by atoms with E-state index in [-0.39, 0.29) is 12.5 Å².